The number of phenolic OH excluding ortho intramolecular Hbond substituents is 2. The Labute approximate surface area is 120 Å². The molecule has 0 spiro atoms. The summed E-state index contributed by atoms with van der Waals surface area (Å²) in [7, 11) is 0. The minimum atomic E-state index is -0.287. The smallest absolute Gasteiger partial charge is 0.254 e. The van der Waals surface area contributed by atoms with Crippen LogP contribution in [0.1, 0.15) is 37.6 Å². The van der Waals surface area contributed by atoms with Gasteiger partial charge in [0, 0.05) is 18.7 Å². The lowest BCUT2D eigenvalue weighted by atomic mass is 9.92. The van der Waals surface area contributed by atoms with Crippen LogP contribution in [-0.2, 0) is 0 Å². The Balaban J connectivity index is 2.96. The molecule has 20 heavy (non-hydrogen) atoms. The molecule has 0 atom stereocenters. The molecular formula is C15H24N2O3. The number of carbonyl (C=O) groups excluding carboxylic acids is 1. The molecule has 4 N–H and O–H groups in total. The topological polar surface area (TPSA) is 86.8 Å². The molecular weight excluding hydrogens is 256 g/mol. The quantitative estimate of drug-likeness (QED) is 0.695. The second-order valence-electron chi connectivity index (χ2n) is 5.80. The predicted octanol–water partition coefficient (Wildman–Crippen LogP) is 1.93. The van der Waals surface area contributed by atoms with E-state index in [9.17, 15) is 15.0 Å². The monoisotopic (exact) mass is 280 g/mol. The molecule has 0 saturated carbocycles. The molecule has 0 bridgehead atoms. The van der Waals surface area contributed by atoms with Gasteiger partial charge in [-0.25, -0.2) is 0 Å². The molecule has 0 aromatic heterocycles. The van der Waals surface area contributed by atoms with Gasteiger partial charge in [0.25, 0.3) is 5.91 Å². The first-order valence-electron chi connectivity index (χ1n) is 6.82. The van der Waals surface area contributed by atoms with Crippen molar-refractivity contribution in [1.29, 1.82) is 0 Å². The Kier molecular flexibility index (Phi) is 5.39. The average molecular weight is 280 g/mol. The van der Waals surface area contributed by atoms with Crippen molar-refractivity contribution in [2.45, 2.75) is 27.2 Å². The number of rotatable bonds is 6. The molecule has 1 rings (SSSR count). The first-order valence-corrected chi connectivity index (χ1v) is 6.82. The van der Waals surface area contributed by atoms with Gasteiger partial charge in [0.1, 0.15) is 0 Å². The summed E-state index contributed by atoms with van der Waals surface area (Å²) in [6.07, 6.45) is 0.844. The van der Waals surface area contributed by atoms with Gasteiger partial charge in [0.15, 0.2) is 11.5 Å². The van der Waals surface area contributed by atoms with Gasteiger partial charge < -0.3 is 20.8 Å². The van der Waals surface area contributed by atoms with Crippen LogP contribution in [0.5, 0.6) is 11.5 Å². The van der Waals surface area contributed by atoms with Crippen LogP contribution in [0.3, 0.4) is 0 Å². The van der Waals surface area contributed by atoms with E-state index < -0.39 is 0 Å². The van der Waals surface area contributed by atoms with E-state index in [0.29, 0.717) is 25.2 Å². The Morgan fingerprint density at radius 3 is 2.45 bits per heavy atom. The van der Waals surface area contributed by atoms with E-state index in [1.54, 1.807) is 4.90 Å². The van der Waals surface area contributed by atoms with Gasteiger partial charge >= 0.3 is 0 Å². The molecule has 5 heteroatoms. The van der Waals surface area contributed by atoms with Crippen molar-refractivity contribution >= 4 is 5.91 Å². The molecule has 0 aliphatic carbocycles. The van der Waals surface area contributed by atoms with Crippen LogP contribution in [0.2, 0.25) is 0 Å². The number of nitrogens with zero attached hydrogens (tertiary/aromatic N) is 1. The van der Waals surface area contributed by atoms with E-state index >= 15 is 0 Å². The van der Waals surface area contributed by atoms with E-state index in [-0.39, 0.29) is 22.8 Å². The molecule has 5 nitrogen and oxygen atoms in total. The van der Waals surface area contributed by atoms with E-state index in [4.69, 9.17) is 5.73 Å². The molecule has 0 radical (unpaired) electrons. The number of phenols is 2. The SMILES string of the molecule is CCCN(CC(C)(C)CN)C(=O)c1ccc(O)c(O)c1. The van der Waals surface area contributed by atoms with Gasteiger partial charge in [-0.1, -0.05) is 20.8 Å². The lowest BCUT2D eigenvalue weighted by molar-refractivity contribution is 0.0689. The first-order chi connectivity index (χ1) is 9.30. The summed E-state index contributed by atoms with van der Waals surface area (Å²) in [6.45, 7) is 7.70. The van der Waals surface area contributed by atoms with Crippen molar-refractivity contribution in [1.82, 2.24) is 4.90 Å². The van der Waals surface area contributed by atoms with E-state index in [1.165, 1.54) is 18.2 Å². The highest BCUT2D eigenvalue weighted by Gasteiger charge is 2.24. The summed E-state index contributed by atoms with van der Waals surface area (Å²) in [5, 5.41) is 18.8. The third-order valence-electron chi connectivity index (χ3n) is 3.17. The zero-order chi connectivity index (χ0) is 15.3. The number of carbonyl (C=O) groups is 1. The summed E-state index contributed by atoms with van der Waals surface area (Å²) < 4.78 is 0. The van der Waals surface area contributed by atoms with Crippen LogP contribution in [0.25, 0.3) is 0 Å². The molecule has 0 unspecified atom stereocenters. The minimum Gasteiger partial charge on any atom is -0.504 e. The summed E-state index contributed by atoms with van der Waals surface area (Å²) >= 11 is 0. The van der Waals surface area contributed by atoms with Gasteiger partial charge in [-0.15, -0.1) is 0 Å². The Morgan fingerprint density at radius 1 is 1.30 bits per heavy atom. The van der Waals surface area contributed by atoms with Crippen LogP contribution in [-0.4, -0.2) is 40.7 Å². The number of hydrogen-bond donors (Lipinski definition) is 3. The number of nitrogens with two attached hydrogens (primary N) is 1. The van der Waals surface area contributed by atoms with Crippen molar-refractivity contribution in [2.24, 2.45) is 11.1 Å². The van der Waals surface area contributed by atoms with E-state index in [0.717, 1.165) is 6.42 Å². The van der Waals surface area contributed by atoms with Gasteiger partial charge in [-0.3, -0.25) is 4.79 Å². The van der Waals surface area contributed by atoms with E-state index in [1.807, 2.05) is 20.8 Å². The molecule has 0 fully saturated rings. The molecule has 0 aliphatic heterocycles. The Hall–Kier alpha value is -1.75. The summed E-state index contributed by atoms with van der Waals surface area (Å²) in [4.78, 5) is 14.2. The molecule has 0 heterocycles. The van der Waals surface area contributed by atoms with Gasteiger partial charge in [-0.2, -0.15) is 0 Å². The standard InChI is InChI=1S/C15H24N2O3/c1-4-7-17(10-15(2,3)9-16)14(20)11-5-6-12(18)13(19)8-11/h5-6,8,18-19H,4,7,9-10,16H2,1-3H3. The van der Waals surface area contributed by atoms with Crippen molar-refractivity contribution < 1.29 is 15.0 Å². The highest BCUT2D eigenvalue weighted by molar-refractivity contribution is 5.94. The van der Waals surface area contributed by atoms with Crippen LogP contribution in [0, 0.1) is 5.41 Å². The Morgan fingerprint density at radius 2 is 1.95 bits per heavy atom. The molecule has 0 saturated heterocycles. The van der Waals surface area contributed by atoms with Crippen molar-refractivity contribution in [3.63, 3.8) is 0 Å². The van der Waals surface area contributed by atoms with Crippen molar-refractivity contribution in [3.05, 3.63) is 23.8 Å². The largest absolute Gasteiger partial charge is 0.504 e. The fourth-order valence-electron chi connectivity index (χ4n) is 1.94. The summed E-state index contributed by atoms with van der Waals surface area (Å²) in [5.41, 5.74) is 5.92. The number of benzene rings is 1. The Bertz CT molecular complexity index is 472. The minimum absolute atomic E-state index is 0.163. The van der Waals surface area contributed by atoms with Crippen LogP contribution < -0.4 is 5.73 Å². The molecule has 1 aromatic carbocycles. The fourth-order valence-corrected chi connectivity index (χ4v) is 1.94. The second-order valence-corrected chi connectivity index (χ2v) is 5.80. The molecule has 1 amide bonds. The molecule has 1 aromatic rings. The maximum atomic E-state index is 12.5. The normalized spacial score (nSPS) is 11.4. The van der Waals surface area contributed by atoms with Gasteiger partial charge in [0.2, 0.25) is 0 Å². The number of hydrogen-bond acceptors (Lipinski definition) is 4. The molecule has 0 aliphatic rings. The zero-order valence-corrected chi connectivity index (χ0v) is 12.4. The third-order valence-corrected chi connectivity index (χ3v) is 3.17. The average Bonchev–Trinajstić information content (AvgIpc) is 2.40. The number of aromatic hydroxyl groups is 2. The lowest BCUT2D eigenvalue weighted by Crippen LogP contribution is -2.42. The molecule has 112 valence electrons. The maximum absolute atomic E-state index is 12.5. The zero-order valence-electron chi connectivity index (χ0n) is 12.4. The predicted molar refractivity (Wildman–Crippen MR) is 78.8 cm³/mol. The van der Waals surface area contributed by atoms with Crippen LogP contribution in [0.15, 0.2) is 18.2 Å². The van der Waals surface area contributed by atoms with Gasteiger partial charge in [-0.05, 0) is 36.6 Å². The third kappa shape index (κ3) is 4.13. The highest BCUT2D eigenvalue weighted by Crippen LogP contribution is 2.26. The van der Waals surface area contributed by atoms with Gasteiger partial charge in [0.05, 0.1) is 0 Å². The van der Waals surface area contributed by atoms with Crippen molar-refractivity contribution in [3.8, 4) is 11.5 Å². The first kappa shape index (κ1) is 16.3. The van der Waals surface area contributed by atoms with Crippen LogP contribution >= 0.6 is 0 Å². The lowest BCUT2D eigenvalue weighted by Gasteiger charge is -2.31. The highest BCUT2D eigenvalue weighted by atomic mass is 16.3. The van der Waals surface area contributed by atoms with Crippen LogP contribution in [0.4, 0.5) is 0 Å². The fraction of sp³-hybridized carbons (Fsp3) is 0.533. The number of amides is 1. The van der Waals surface area contributed by atoms with Crippen molar-refractivity contribution in [2.75, 3.05) is 19.6 Å². The van der Waals surface area contributed by atoms with E-state index in [2.05, 4.69) is 0 Å². The maximum Gasteiger partial charge on any atom is 0.254 e. The second kappa shape index (κ2) is 6.61. The summed E-state index contributed by atoms with van der Waals surface area (Å²) in [6, 6.07) is 4.12. The summed E-state index contributed by atoms with van der Waals surface area (Å²) in [5.74, 6) is -0.681.